The maximum atomic E-state index is 11.0. The minimum Gasteiger partial charge on any atom is -0.481 e. The van der Waals surface area contributed by atoms with E-state index in [4.69, 9.17) is 10.4 Å². The van der Waals surface area contributed by atoms with Gasteiger partial charge in [0.15, 0.2) is 0 Å². The molecule has 0 spiro atoms. The highest BCUT2D eigenvalue weighted by Crippen LogP contribution is 2.45. The van der Waals surface area contributed by atoms with Crippen molar-refractivity contribution in [3.8, 4) is 6.07 Å². The molecule has 1 saturated carbocycles. The number of nitrogens with one attached hydrogen (secondary N) is 1. The van der Waals surface area contributed by atoms with Crippen LogP contribution in [0.15, 0.2) is 0 Å². The second-order valence-corrected chi connectivity index (χ2v) is 4.48. The third kappa shape index (κ3) is 1.84. The molecule has 0 atom stereocenters. The van der Waals surface area contributed by atoms with Gasteiger partial charge in [0.25, 0.3) is 0 Å². The van der Waals surface area contributed by atoms with Gasteiger partial charge < -0.3 is 10.4 Å². The van der Waals surface area contributed by atoms with Gasteiger partial charge in [-0.25, -0.2) is 0 Å². The van der Waals surface area contributed by atoms with E-state index in [2.05, 4.69) is 16.5 Å². The van der Waals surface area contributed by atoms with Crippen molar-refractivity contribution in [2.75, 3.05) is 11.9 Å². The first-order valence-corrected chi connectivity index (χ1v) is 5.41. The van der Waals surface area contributed by atoms with E-state index in [1.807, 2.05) is 0 Å². The van der Waals surface area contributed by atoms with Crippen LogP contribution in [0.1, 0.15) is 24.1 Å². The molecule has 1 fully saturated rings. The largest absolute Gasteiger partial charge is 0.481 e. The number of anilines is 1. The van der Waals surface area contributed by atoms with Crippen molar-refractivity contribution in [1.29, 1.82) is 5.26 Å². The Balaban J connectivity index is 2.15. The Morgan fingerprint density at radius 1 is 1.71 bits per heavy atom. The van der Waals surface area contributed by atoms with Crippen molar-refractivity contribution in [2.24, 2.45) is 12.5 Å². The fourth-order valence-corrected chi connectivity index (χ4v) is 1.86. The van der Waals surface area contributed by atoms with Crippen LogP contribution < -0.4 is 5.32 Å². The number of aromatic nitrogens is 2. The van der Waals surface area contributed by atoms with Crippen LogP contribution in [-0.4, -0.2) is 27.4 Å². The Morgan fingerprint density at radius 3 is 2.82 bits per heavy atom. The minimum absolute atomic E-state index is 0.343. The summed E-state index contributed by atoms with van der Waals surface area (Å²) in [5, 5.41) is 25.2. The zero-order chi connectivity index (χ0) is 12.6. The molecule has 0 aromatic carbocycles. The molecule has 2 N–H and O–H groups in total. The third-order valence-corrected chi connectivity index (χ3v) is 3.24. The highest BCUT2D eigenvalue weighted by molar-refractivity contribution is 5.78. The van der Waals surface area contributed by atoms with Crippen molar-refractivity contribution in [3.63, 3.8) is 0 Å². The van der Waals surface area contributed by atoms with Crippen molar-refractivity contribution in [1.82, 2.24) is 9.78 Å². The molecule has 0 unspecified atom stereocenters. The number of carboxylic acid groups (broad SMARTS) is 1. The van der Waals surface area contributed by atoms with Gasteiger partial charge in [-0.3, -0.25) is 9.48 Å². The second-order valence-electron chi connectivity index (χ2n) is 4.48. The summed E-state index contributed by atoms with van der Waals surface area (Å²) in [6.07, 6.45) is 1.38. The average Bonchev–Trinajstić information content (AvgIpc) is 2.99. The molecule has 0 saturated heterocycles. The maximum Gasteiger partial charge on any atom is 0.311 e. The first kappa shape index (κ1) is 11.5. The van der Waals surface area contributed by atoms with Crippen LogP contribution in [0, 0.1) is 23.7 Å². The van der Waals surface area contributed by atoms with E-state index in [0.717, 1.165) is 0 Å². The monoisotopic (exact) mass is 234 g/mol. The predicted octanol–water partition coefficient (Wildman–Crippen LogP) is 0.877. The summed E-state index contributed by atoms with van der Waals surface area (Å²) in [7, 11) is 1.73. The number of aryl methyl sites for hydroxylation is 2. The summed E-state index contributed by atoms with van der Waals surface area (Å²) in [6, 6.07) is 2.08. The number of nitrogens with zero attached hydrogens (tertiary/aromatic N) is 3. The fourth-order valence-electron chi connectivity index (χ4n) is 1.86. The van der Waals surface area contributed by atoms with E-state index >= 15 is 0 Å². The number of nitriles is 1. The van der Waals surface area contributed by atoms with Crippen molar-refractivity contribution < 1.29 is 9.90 Å². The summed E-state index contributed by atoms with van der Waals surface area (Å²) in [5.74, 6) is -0.181. The van der Waals surface area contributed by atoms with E-state index in [1.54, 1.807) is 18.7 Å². The molecule has 0 amide bonds. The third-order valence-electron chi connectivity index (χ3n) is 3.24. The smallest absolute Gasteiger partial charge is 0.311 e. The van der Waals surface area contributed by atoms with Crippen LogP contribution in [0.4, 0.5) is 5.82 Å². The predicted molar refractivity (Wildman–Crippen MR) is 60.5 cm³/mol. The van der Waals surface area contributed by atoms with E-state index in [-0.39, 0.29) is 0 Å². The molecule has 1 heterocycles. The molecule has 90 valence electrons. The summed E-state index contributed by atoms with van der Waals surface area (Å²) in [5.41, 5.74) is 0.483. The topological polar surface area (TPSA) is 90.9 Å². The Bertz CT molecular complexity index is 508. The zero-order valence-corrected chi connectivity index (χ0v) is 9.82. The first-order valence-electron chi connectivity index (χ1n) is 5.41. The van der Waals surface area contributed by atoms with Crippen LogP contribution in [0.25, 0.3) is 0 Å². The lowest BCUT2D eigenvalue weighted by molar-refractivity contribution is -0.142. The number of aliphatic carboxylic acids is 1. The Morgan fingerprint density at radius 2 is 2.35 bits per heavy atom. The molecule has 6 nitrogen and oxygen atoms in total. The van der Waals surface area contributed by atoms with Gasteiger partial charge in [-0.05, 0) is 19.8 Å². The van der Waals surface area contributed by atoms with Gasteiger partial charge in [0.1, 0.15) is 17.5 Å². The molecule has 17 heavy (non-hydrogen) atoms. The molecular weight excluding hydrogens is 220 g/mol. The van der Waals surface area contributed by atoms with Crippen molar-refractivity contribution >= 4 is 11.8 Å². The molecule has 1 aromatic heterocycles. The molecule has 1 aliphatic carbocycles. The van der Waals surface area contributed by atoms with Gasteiger partial charge in [0.2, 0.25) is 0 Å². The zero-order valence-electron chi connectivity index (χ0n) is 9.82. The Labute approximate surface area is 98.9 Å². The molecule has 0 radical (unpaired) electrons. The highest BCUT2D eigenvalue weighted by Gasteiger charge is 2.50. The van der Waals surface area contributed by atoms with Crippen LogP contribution in [0.2, 0.25) is 0 Å². The van der Waals surface area contributed by atoms with Gasteiger partial charge in [0.05, 0.1) is 11.1 Å². The summed E-state index contributed by atoms with van der Waals surface area (Å²) >= 11 is 0. The highest BCUT2D eigenvalue weighted by atomic mass is 16.4. The van der Waals surface area contributed by atoms with E-state index in [9.17, 15) is 4.79 Å². The molecule has 2 rings (SSSR count). The lowest BCUT2D eigenvalue weighted by atomic mass is 10.1. The average molecular weight is 234 g/mol. The molecular formula is C11H14N4O2. The van der Waals surface area contributed by atoms with Crippen molar-refractivity contribution in [2.45, 2.75) is 19.8 Å². The van der Waals surface area contributed by atoms with Gasteiger partial charge in [-0.2, -0.15) is 10.4 Å². The van der Waals surface area contributed by atoms with Gasteiger partial charge in [-0.1, -0.05) is 0 Å². The quantitative estimate of drug-likeness (QED) is 0.806. The first-order chi connectivity index (χ1) is 8.00. The standard InChI is InChI=1S/C11H14N4O2/c1-7-8(5-12)9(15(2)14-7)13-6-11(3-4-11)10(16)17/h13H,3-4,6H2,1-2H3,(H,16,17). The lowest BCUT2D eigenvalue weighted by Crippen LogP contribution is -2.25. The van der Waals surface area contributed by atoms with Crippen LogP contribution >= 0.6 is 0 Å². The summed E-state index contributed by atoms with van der Waals surface area (Å²) < 4.78 is 1.58. The van der Waals surface area contributed by atoms with E-state index in [0.29, 0.717) is 36.5 Å². The van der Waals surface area contributed by atoms with Crippen molar-refractivity contribution in [3.05, 3.63) is 11.3 Å². The number of rotatable bonds is 4. The summed E-state index contributed by atoms with van der Waals surface area (Å²) in [6.45, 7) is 2.10. The number of hydrogen-bond acceptors (Lipinski definition) is 4. The van der Waals surface area contributed by atoms with Crippen LogP contribution in [-0.2, 0) is 11.8 Å². The molecule has 0 aliphatic heterocycles. The molecule has 1 aromatic rings. The van der Waals surface area contributed by atoms with E-state index < -0.39 is 11.4 Å². The fraction of sp³-hybridized carbons (Fsp3) is 0.545. The van der Waals surface area contributed by atoms with Crippen LogP contribution in [0.5, 0.6) is 0 Å². The lowest BCUT2D eigenvalue weighted by Gasteiger charge is -2.12. The molecule has 6 heteroatoms. The Hall–Kier alpha value is -2.03. The van der Waals surface area contributed by atoms with Gasteiger partial charge in [-0.15, -0.1) is 0 Å². The van der Waals surface area contributed by atoms with Gasteiger partial charge in [0, 0.05) is 13.6 Å². The number of hydrogen-bond donors (Lipinski definition) is 2. The number of carbonyl (C=O) groups is 1. The second kappa shape index (κ2) is 3.77. The Kier molecular flexibility index (Phi) is 2.54. The van der Waals surface area contributed by atoms with E-state index in [1.165, 1.54) is 0 Å². The van der Waals surface area contributed by atoms with Gasteiger partial charge >= 0.3 is 5.97 Å². The maximum absolute atomic E-state index is 11.0. The SMILES string of the molecule is Cc1nn(C)c(NCC2(C(=O)O)CC2)c1C#N. The summed E-state index contributed by atoms with van der Waals surface area (Å²) in [4.78, 5) is 11.0. The minimum atomic E-state index is -0.776. The molecule has 0 bridgehead atoms. The number of carboxylic acids is 1. The van der Waals surface area contributed by atoms with Crippen LogP contribution in [0.3, 0.4) is 0 Å². The molecule has 1 aliphatic rings. The normalized spacial score (nSPS) is 16.3.